The lowest BCUT2D eigenvalue weighted by Gasteiger charge is -2.03. The van der Waals surface area contributed by atoms with Crippen molar-refractivity contribution in [3.63, 3.8) is 0 Å². The molecular formula is C16H14N4. The molecule has 98 valence electrons. The Kier molecular flexibility index (Phi) is 3.21. The van der Waals surface area contributed by atoms with Crippen molar-refractivity contribution in [3.8, 4) is 22.8 Å². The van der Waals surface area contributed by atoms with Crippen LogP contribution < -0.4 is 0 Å². The van der Waals surface area contributed by atoms with E-state index in [1.807, 2.05) is 19.1 Å². The normalized spacial score (nSPS) is 10.5. The first-order valence-electron chi connectivity index (χ1n) is 6.40. The summed E-state index contributed by atoms with van der Waals surface area (Å²) in [5, 5.41) is 0. The SMILES string of the molecule is Cc1ccc(-c2cnc(-c3ncc(C)cn3)cn2)cc1. The van der Waals surface area contributed by atoms with Gasteiger partial charge in [0.2, 0.25) is 0 Å². The van der Waals surface area contributed by atoms with Crippen LogP contribution in [0.4, 0.5) is 0 Å². The van der Waals surface area contributed by atoms with Gasteiger partial charge in [0, 0.05) is 18.0 Å². The van der Waals surface area contributed by atoms with E-state index in [1.54, 1.807) is 24.8 Å². The molecule has 1 aromatic carbocycles. The van der Waals surface area contributed by atoms with Crippen LogP contribution in [0.3, 0.4) is 0 Å². The Labute approximate surface area is 117 Å². The largest absolute Gasteiger partial charge is 0.252 e. The summed E-state index contributed by atoms with van der Waals surface area (Å²) in [7, 11) is 0. The Morgan fingerprint density at radius 3 is 1.80 bits per heavy atom. The zero-order valence-electron chi connectivity index (χ0n) is 11.4. The molecule has 0 spiro atoms. The number of aryl methyl sites for hydroxylation is 2. The van der Waals surface area contributed by atoms with Gasteiger partial charge in [-0.3, -0.25) is 4.98 Å². The molecule has 4 heteroatoms. The van der Waals surface area contributed by atoms with E-state index in [0.717, 1.165) is 16.8 Å². The molecule has 2 heterocycles. The van der Waals surface area contributed by atoms with Crippen molar-refractivity contribution in [2.45, 2.75) is 13.8 Å². The van der Waals surface area contributed by atoms with E-state index < -0.39 is 0 Å². The molecule has 0 bridgehead atoms. The third-order valence-corrected chi connectivity index (χ3v) is 3.01. The first kappa shape index (κ1) is 12.4. The summed E-state index contributed by atoms with van der Waals surface area (Å²) in [6, 6.07) is 8.21. The number of benzene rings is 1. The van der Waals surface area contributed by atoms with Crippen LogP contribution in [0, 0.1) is 13.8 Å². The van der Waals surface area contributed by atoms with Crippen LogP contribution in [0.25, 0.3) is 22.8 Å². The molecule has 4 nitrogen and oxygen atoms in total. The Morgan fingerprint density at radius 2 is 1.20 bits per heavy atom. The monoisotopic (exact) mass is 262 g/mol. The molecule has 0 atom stereocenters. The Bertz CT molecular complexity index is 636. The van der Waals surface area contributed by atoms with Crippen LogP contribution >= 0.6 is 0 Å². The molecule has 0 fully saturated rings. The third-order valence-electron chi connectivity index (χ3n) is 3.01. The third kappa shape index (κ3) is 2.54. The second-order valence-corrected chi connectivity index (χ2v) is 4.74. The first-order chi connectivity index (χ1) is 9.72. The number of rotatable bonds is 2. The molecule has 3 aromatic rings. The molecule has 0 N–H and O–H groups in total. The van der Waals surface area contributed by atoms with Crippen molar-refractivity contribution in [1.29, 1.82) is 0 Å². The maximum Gasteiger partial charge on any atom is 0.179 e. The van der Waals surface area contributed by atoms with Gasteiger partial charge in [-0.1, -0.05) is 29.8 Å². The minimum absolute atomic E-state index is 0.596. The van der Waals surface area contributed by atoms with E-state index >= 15 is 0 Å². The summed E-state index contributed by atoms with van der Waals surface area (Å²) in [6.07, 6.45) is 7.01. The molecule has 0 amide bonds. The van der Waals surface area contributed by atoms with Crippen molar-refractivity contribution in [1.82, 2.24) is 19.9 Å². The molecule has 20 heavy (non-hydrogen) atoms. The average molecular weight is 262 g/mol. The standard InChI is InChI=1S/C16H14N4/c1-11-3-5-13(6-4-11)14-9-18-15(10-17-14)16-19-7-12(2)8-20-16/h3-10H,1-2H3. The van der Waals surface area contributed by atoms with Crippen molar-refractivity contribution >= 4 is 0 Å². The molecule has 0 saturated heterocycles. The summed E-state index contributed by atoms with van der Waals surface area (Å²) in [6.45, 7) is 4.02. The molecule has 2 aromatic heterocycles. The summed E-state index contributed by atoms with van der Waals surface area (Å²) in [4.78, 5) is 17.3. The fraction of sp³-hybridized carbons (Fsp3) is 0.125. The first-order valence-corrected chi connectivity index (χ1v) is 6.40. The topological polar surface area (TPSA) is 51.6 Å². The maximum absolute atomic E-state index is 4.43. The van der Waals surface area contributed by atoms with Gasteiger partial charge in [0.15, 0.2) is 5.82 Å². The van der Waals surface area contributed by atoms with E-state index in [0.29, 0.717) is 11.5 Å². The highest BCUT2D eigenvalue weighted by molar-refractivity contribution is 5.60. The quantitative estimate of drug-likeness (QED) is 0.711. The van der Waals surface area contributed by atoms with E-state index in [1.165, 1.54) is 5.56 Å². The lowest BCUT2D eigenvalue weighted by molar-refractivity contribution is 1.09. The fourth-order valence-corrected chi connectivity index (χ4v) is 1.84. The highest BCUT2D eigenvalue weighted by Gasteiger charge is 2.04. The Balaban J connectivity index is 1.91. The van der Waals surface area contributed by atoms with Gasteiger partial charge >= 0.3 is 0 Å². The van der Waals surface area contributed by atoms with Crippen LogP contribution in [0.15, 0.2) is 49.1 Å². The minimum atomic E-state index is 0.596. The number of aromatic nitrogens is 4. The van der Waals surface area contributed by atoms with Gasteiger partial charge in [-0.15, -0.1) is 0 Å². The summed E-state index contributed by atoms with van der Waals surface area (Å²) >= 11 is 0. The summed E-state index contributed by atoms with van der Waals surface area (Å²) in [5.74, 6) is 0.596. The van der Waals surface area contributed by atoms with Crippen molar-refractivity contribution in [2.24, 2.45) is 0 Å². The molecule has 0 aliphatic carbocycles. The molecule has 0 unspecified atom stereocenters. The van der Waals surface area contributed by atoms with Gasteiger partial charge in [0.05, 0.1) is 18.1 Å². The number of hydrogen-bond donors (Lipinski definition) is 0. The van der Waals surface area contributed by atoms with E-state index in [2.05, 4.69) is 39.0 Å². The van der Waals surface area contributed by atoms with Crippen molar-refractivity contribution in [3.05, 3.63) is 60.2 Å². The van der Waals surface area contributed by atoms with Gasteiger partial charge in [-0.25, -0.2) is 15.0 Å². The number of hydrogen-bond acceptors (Lipinski definition) is 4. The summed E-state index contributed by atoms with van der Waals surface area (Å²) in [5.41, 5.74) is 4.84. The fourth-order valence-electron chi connectivity index (χ4n) is 1.84. The number of nitrogens with zero attached hydrogens (tertiary/aromatic N) is 4. The molecule has 3 rings (SSSR count). The molecular weight excluding hydrogens is 248 g/mol. The van der Waals surface area contributed by atoms with Crippen LogP contribution in [0.5, 0.6) is 0 Å². The lowest BCUT2D eigenvalue weighted by Crippen LogP contribution is -1.94. The lowest BCUT2D eigenvalue weighted by atomic mass is 10.1. The summed E-state index contributed by atoms with van der Waals surface area (Å²) < 4.78 is 0. The highest BCUT2D eigenvalue weighted by Crippen LogP contribution is 2.18. The smallest absolute Gasteiger partial charge is 0.179 e. The van der Waals surface area contributed by atoms with Gasteiger partial charge in [-0.05, 0) is 19.4 Å². The van der Waals surface area contributed by atoms with Gasteiger partial charge in [-0.2, -0.15) is 0 Å². The molecule has 0 aliphatic rings. The van der Waals surface area contributed by atoms with Gasteiger partial charge < -0.3 is 0 Å². The molecule has 0 aliphatic heterocycles. The Morgan fingerprint density at radius 1 is 0.600 bits per heavy atom. The van der Waals surface area contributed by atoms with E-state index in [9.17, 15) is 0 Å². The van der Waals surface area contributed by atoms with Crippen molar-refractivity contribution < 1.29 is 0 Å². The van der Waals surface area contributed by atoms with Crippen LogP contribution in [0.2, 0.25) is 0 Å². The van der Waals surface area contributed by atoms with Crippen LogP contribution in [0.1, 0.15) is 11.1 Å². The predicted octanol–water partition coefficient (Wildman–Crippen LogP) is 3.22. The van der Waals surface area contributed by atoms with Crippen LogP contribution in [-0.2, 0) is 0 Å². The zero-order chi connectivity index (χ0) is 13.9. The van der Waals surface area contributed by atoms with E-state index in [-0.39, 0.29) is 0 Å². The molecule has 0 radical (unpaired) electrons. The second kappa shape index (κ2) is 5.17. The van der Waals surface area contributed by atoms with Gasteiger partial charge in [0.25, 0.3) is 0 Å². The minimum Gasteiger partial charge on any atom is -0.252 e. The zero-order valence-corrected chi connectivity index (χ0v) is 11.4. The second-order valence-electron chi connectivity index (χ2n) is 4.74. The van der Waals surface area contributed by atoms with Gasteiger partial charge in [0.1, 0.15) is 5.69 Å². The molecule has 0 saturated carbocycles. The average Bonchev–Trinajstić information content (AvgIpc) is 2.49. The maximum atomic E-state index is 4.43. The van der Waals surface area contributed by atoms with Crippen LogP contribution in [-0.4, -0.2) is 19.9 Å². The predicted molar refractivity (Wildman–Crippen MR) is 78.0 cm³/mol. The van der Waals surface area contributed by atoms with E-state index in [4.69, 9.17) is 0 Å². The Hall–Kier alpha value is -2.62. The van der Waals surface area contributed by atoms with Crippen molar-refractivity contribution in [2.75, 3.05) is 0 Å². The highest BCUT2D eigenvalue weighted by atomic mass is 14.9.